The van der Waals surface area contributed by atoms with Crippen molar-refractivity contribution in [3.8, 4) is 5.75 Å². The van der Waals surface area contributed by atoms with E-state index in [2.05, 4.69) is 20.0 Å². The zero-order chi connectivity index (χ0) is 24.6. The number of anilines is 1. The number of likely N-dealkylation sites (tertiary alicyclic amines) is 1. The van der Waals surface area contributed by atoms with Crippen LogP contribution in [0.25, 0.3) is 0 Å². The van der Waals surface area contributed by atoms with Gasteiger partial charge in [-0.3, -0.25) is 0 Å². The number of nitrogens with zero attached hydrogens (tertiary/aromatic N) is 3. The molecule has 0 aliphatic carbocycles. The molecule has 2 N–H and O–H groups in total. The number of aromatic nitrogens is 2. The molecule has 2 saturated heterocycles. The summed E-state index contributed by atoms with van der Waals surface area (Å²) in [4.78, 5) is 19.3. The van der Waals surface area contributed by atoms with Gasteiger partial charge in [0.05, 0.1) is 11.1 Å². The Bertz CT molecular complexity index is 1220. The smallest absolute Gasteiger partial charge is 0.321 e. The maximum absolute atomic E-state index is 14.5. The molecule has 7 nitrogen and oxygen atoms in total. The molecule has 0 saturated carbocycles. The van der Waals surface area contributed by atoms with Crippen LogP contribution >= 0.6 is 11.5 Å². The molecule has 0 bridgehead atoms. The molecule has 11 heteroatoms. The molecule has 1 aromatic heterocycles. The highest BCUT2D eigenvalue weighted by Gasteiger charge is 2.45. The van der Waals surface area contributed by atoms with Crippen LogP contribution < -0.4 is 15.4 Å². The average Bonchev–Trinajstić information content (AvgIpc) is 3.50. The minimum atomic E-state index is -2.68. The first-order valence-corrected chi connectivity index (χ1v) is 12.0. The first-order chi connectivity index (χ1) is 16.9. The molecule has 1 atom stereocenters. The van der Waals surface area contributed by atoms with E-state index in [1.807, 2.05) is 6.07 Å². The Balaban J connectivity index is 1.41. The Kier molecular flexibility index (Phi) is 6.37. The van der Waals surface area contributed by atoms with Crippen LogP contribution in [-0.4, -0.2) is 52.6 Å². The zero-order valence-corrected chi connectivity index (χ0v) is 19.7. The molecule has 35 heavy (non-hydrogen) atoms. The second-order valence-corrected chi connectivity index (χ2v) is 9.63. The lowest BCUT2D eigenvalue weighted by atomic mass is 9.80. The first-order valence-electron chi connectivity index (χ1n) is 11.2. The third-order valence-corrected chi connectivity index (χ3v) is 7.46. The maximum atomic E-state index is 14.5. The fourth-order valence-electron chi connectivity index (χ4n) is 4.39. The Hall–Kier alpha value is -3.18. The monoisotopic (exact) mass is 503 g/mol. The van der Waals surface area contributed by atoms with Gasteiger partial charge in [-0.2, -0.15) is 4.37 Å². The third-order valence-electron chi connectivity index (χ3n) is 6.59. The molecule has 3 aromatic rings. The number of halogens is 3. The number of carbonyl (C=O) groups excluding carboxylic acids is 1. The van der Waals surface area contributed by atoms with E-state index < -0.39 is 17.9 Å². The van der Waals surface area contributed by atoms with Crippen molar-refractivity contribution in [1.29, 1.82) is 0 Å². The van der Waals surface area contributed by atoms with Crippen molar-refractivity contribution in [1.82, 2.24) is 19.6 Å². The van der Waals surface area contributed by atoms with Gasteiger partial charge < -0.3 is 20.3 Å². The first kappa shape index (κ1) is 23.6. The van der Waals surface area contributed by atoms with Gasteiger partial charge in [0.1, 0.15) is 29.0 Å². The van der Waals surface area contributed by atoms with E-state index in [1.165, 1.54) is 42.1 Å². The second-order valence-electron chi connectivity index (χ2n) is 8.85. The normalized spacial score (nSPS) is 20.2. The van der Waals surface area contributed by atoms with E-state index in [0.29, 0.717) is 47.9 Å². The van der Waals surface area contributed by atoms with E-state index >= 15 is 0 Å². The predicted octanol–water partition coefficient (Wildman–Crippen LogP) is 4.50. The number of benzene rings is 2. The fraction of sp³-hybridized carbons (Fsp3) is 0.375. The molecular formula is C24H24F3N5O2S. The molecule has 2 aliphatic heterocycles. The maximum Gasteiger partial charge on any atom is 0.321 e. The summed E-state index contributed by atoms with van der Waals surface area (Å²) in [5.74, 6) is 0.00909. The van der Waals surface area contributed by atoms with Gasteiger partial charge in [0.2, 0.25) is 0 Å². The van der Waals surface area contributed by atoms with E-state index in [0.717, 1.165) is 0 Å². The lowest BCUT2D eigenvalue weighted by Gasteiger charge is -2.29. The van der Waals surface area contributed by atoms with Crippen LogP contribution in [0.15, 0.2) is 42.7 Å². The van der Waals surface area contributed by atoms with Gasteiger partial charge in [-0.05, 0) is 60.3 Å². The highest BCUT2D eigenvalue weighted by molar-refractivity contribution is 7.05. The van der Waals surface area contributed by atoms with Crippen LogP contribution in [0.1, 0.15) is 34.5 Å². The number of alkyl halides is 2. The second kappa shape index (κ2) is 9.46. The predicted molar refractivity (Wildman–Crippen MR) is 126 cm³/mol. The number of urea groups is 1. The number of amides is 2. The lowest BCUT2D eigenvalue weighted by molar-refractivity contribution is 0.141. The molecule has 2 fully saturated rings. The van der Waals surface area contributed by atoms with Gasteiger partial charge in [0.25, 0.3) is 6.43 Å². The molecular weight excluding hydrogens is 479 g/mol. The number of nitrogens with one attached hydrogen (secondary N) is 2. The van der Waals surface area contributed by atoms with Crippen molar-refractivity contribution in [3.05, 3.63) is 70.2 Å². The van der Waals surface area contributed by atoms with E-state index in [-0.39, 0.29) is 29.7 Å². The number of rotatable bonds is 6. The van der Waals surface area contributed by atoms with Gasteiger partial charge >= 0.3 is 6.03 Å². The minimum Gasteiger partial charge on any atom is -0.486 e. The van der Waals surface area contributed by atoms with E-state index in [4.69, 9.17) is 4.74 Å². The van der Waals surface area contributed by atoms with Crippen LogP contribution in [0.5, 0.6) is 5.75 Å². The van der Waals surface area contributed by atoms with Crippen molar-refractivity contribution in [2.24, 2.45) is 0 Å². The highest BCUT2D eigenvalue weighted by Crippen LogP contribution is 2.42. The van der Waals surface area contributed by atoms with Crippen LogP contribution in [0.4, 0.5) is 23.7 Å². The van der Waals surface area contributed by atoms with Crippen LogP contribution in [0.2, 0.25) is 0 Å². The van der Waals surface area contributed by atoms with E-state index in [9.17, 15) is 18.0 Å². The molecule has 2 amide bonds. The molecule has 2 aromatic carbocycles. The van der Waals surface area contributed by atoms with Crippen molar-refractivity contribution in [2.45, 2.75) is 31.3 Å². The van der Waals surface area contributed by atoms with Crippen molar-refractivity contribution >= 4 is 23.3 Å². The van der Waals surface area contributed by atoms with Crippen LogP contribution in [0.3, 0.4) is 0 Å². The Morgan fingerprint density at radius 2 is 2.11 bits per heavy atom. The molecule has 0 radical (unpaired) electrons. The highest BCUT2D eigenvalue weighted by atomic mass is 32.1. The summed E-state index contributed by atoms with van der Waals surface area (Å²) < 4.78 is 51.2. The Labute approximate surface area is 204 Å². The van der Waals surface area contributed by atoms with Gasteiger partial charge in [-0.25, -0.2) is 22.9 Å². The molecule has 3 heterocycles. The average molecular weight is 504 g/mol. The third kappa shape index (κ3) is 4.57. The van der Waals surface area contributed by atoms with Crippen molar-refractivity contribution < 1.29 is 22.7 Å². The summed E-state index contributed by atoms with van der Waals surface area (Å²) in [5.41, 5.74) is 0.513. The summed E-state index contributed by atoms with van der Waals surface area (Å²) in [5, 5.41) is 6.53. The largest absolute Gasteiger partial charge is 0.486 e. The summed E-state index contributed by atoms with van der Waals surface area (Å²) in [6.07, 6.45) is -0.800. The SMILES string of the molecule is Cc1ccc([C@]2(c3ncns3)CCN(C(=O)Nc3cc(C(F)F)ccc3OC3CNC3)C2)cc1F. The van der Waals surface area contributed by atoms with Gasteiger partial charge in [-0.1, -0.05) is 12.1 Å². The Morgan fingerprint density at radius 1 is 1.29 bits per heavy atom. The van der Waals surface area contributed by atoms with Gasteiger partial charge in [0, 0.05) is 31.7 Å². The lowest BCUT2D eigenvalue weighted by Crippen LogP contribution is -2.50. The number of aryl methyl sites for hydroxylation is 1. The Morgan fingerprint density at radius 3 is 2.77 bits per heavy atom. The standard InChI is InChI=1S/C24H24F3N5O2S/c1-14-2-4-16(9-18(14)25)24(22-29-13-30-35-22)6-7-32(12-24)23(33)31-19-8-15(21(26)27)3-5-20(19)34-17-10-28-11-17/h2-5,8-9,13,17,21,28H,6-7,10-12H2,1H3,(H,31,33)/t24-/m0/s1. The fourth-order valence-corrected chi connectivity index (χ4v) is 5.14. The van der Waals surface area contributed by atoms with Crippen LogP contribution in [-0.2, 0) is 5.41 Å². The van der Waals surface area contributed by atoms with Gasteiger partial charge in [0.15, 0.2) is 0 Å². The zero-order valence-electron chi connectivity index (χ0n) is 18.9. The van der Waals surface area contributed by atoms with Crippen LogP contribution in [0, 0.1) is 12.7 Å². The summed E-state index contributed by atoms with van der Waals surface area (Å²) in [6.45, 7) is 3.60. The summed E-state index contributed by atoms with van der Waals surface area (Å²) >= 11 is 1.21. The summed E-state index contributed by atoms with van der Waals surface area (Å²) in [7, 11) is 0. The molecule has 0 spiro atoms. The van der Waals surface area contributed by atoms with Gasteiger partial charge in [-0.15, -0.1) is 0 Å². The van der Waals surface area contributed by atoms with E-state index in [1.54, 1.807) is 17.9 Å². The minimum absolute atomic E-state index is 0.0867. The molecule has 184 valence electrons. The molecule has 2 aliphatic rings. The number of carbonyl (C=O) groups is 1. The number of ether oxygens (including phenoxy) is 1. The number of hydrogen-bond donors (Lipinski definition) is 2. The summed E-state index contributed by atoms with van der Waals surface area (Å²) in [6, 6.07) is 8.60. The topological polar surface area (TPSA) is 79.4 Å². The molecule has 5 rings (SSSR count). The number of hydrogen-bond acceptors (Lipinski definition) is 6. The quantitative estimate of drug-likeness (QED) is 0.518. The van der Waals surface area contributed by atoms with Crippen molar-refractivity contribution in [2.75, 3.05) is 31.5 Å². The molecule has 0 unspecified atom stereocenters. The van der Waals surface area contributed by atoms with Crippen molar-refractivity contribution in [3.63, 3.8) is 0 Å².